The molecular weight excluding hydrogens is 421 g/mol. The van der Waals surface area contributed by atoms with Crippen LogP contribution in [0.5, 0.6) is 0 Å². The summed E-state index contributed by atoms with van der Waals surface area (Å²) >= 11 is 0.829. The Kier molecular flexibility index (Phi) is 5.02. The smallest absolute Gasteiger partial charge is 0.230 e. The van der Waals surface area contributed by atoms with Gasteiger partial charge in [0.25, 0.3) is 0 Å². The van der Waals surface area contributed by atoms with E-state index in [4.69, 9.17) is 5.14 Å². The molecule has 0 fully saturated rings. The van der Waals surface area contributed by atoms with Crippen LogP contribution in [0.2, 0.25) is 0 Å². The minimum absolute atomic E-state index is 0.00647. The number of rotatable bonds is 3. The van der Waals surface area contributed by atoms with E-state index in [1.54, 1.807) is 17.0 Å². The predicted molar refractivity (Wildman–Crippen MR) is 115 cm³/mol. The Morgan fingerprint density at radius 1 is 0.935 bits per heavy atom. The molecule has 0 saturated carbocycles. The monoisotopic (exact) mass is 440 g/mol. The van der Waals surface area contributed by atoms with Crippen molar-refractivity contribution in [3.05, 3.63) is 82.7 Å². The first-order valence-electron chi connectivity index (χ1n) is 10.0. The lowest BCUT2D eigenvalue weighted by Crippen LogP contribution is -2.35. The van der Waals surface area contributed by atoms with E-state index in [9.17, 15) is 18.0 Å². The molecule has 0 bridgehead atoms. The molecule has 0 saturated heterocycles. The molecule has 7 heteroatoms. The summed E-state index contributed by atoms with van der Waals surface area (Å²) in [6.07, 6.45) is 1.73. The van der Waals surface area contributed by atoms with Crippen molar-refractivity contribution in [2.24, 2.45) is 11.1 Å². The molecule has 31 heavy (non-hydrogen) atoms. The van der Waals surface area contributed by atoms with Gasteiger partial charge in [0.15, 0.2) is 0 Å². The molecule has 1 heterocycles. The minimum atomic E-state index is -0.496. The van der Waals surface area contributed by atoms with Gasteiger partial charge in [-0.3, -0.25) is 9.93 Å². The van der Waals surface area contributed by atoms with Crippen molar-refractivity contribution in [1.29, 1.82) is 0 Å². The van der Waals surface area contributed by atoms with Gasteiger partial charge in [-0.1, -0.05) is 18.2 Å². The Hall–Kier alpha value is -2.77. The van der Waals surface area contributed by atoms with Crippen LogP contribution in [0.3, 0.4) is 0 Å². The molecule has 1 aliphatic carbocycles. The molecule has 1 atom stereocenters. The molecule has 1 aliphatic heterocycles. The number of nitrogens with zero attached hydrogens (tertiary/aromatic N) is 1. The summed E-state index contributed by atoms with van der Waals surface area (Å²) in [4.78, 5) is 15.3. The molecule has 158 valence electrons. The van der Waals surface area contributed by atoms with Gasteiger partial charge in [0.05, 0.1) is 4.90 Å². The van der Waals surface area contributed by atoms with Crippen molar-refractivity contribution in [3.8, 4) is 11.1 Å². The zero-order valence-electron chi connectivity index (χ0n) is 16.5. The molecular formula is C24H19F3N2OS. The lowest BCUT2D eigenvalue weighted by Gasteiger charge is -2.21. The number of halogens is 3. The number of anilines is 1. The Morgan fingerprint density at radius 3 is 2.55 bits per heavy atom. The van der Waals surface area contributed by atoms with Gasteiger partial charge in [-0.2, -0.15) is 0 Å². The highest BCUT2D eigenvalue weighted by Gasteiger charge is 2.34. The van der Waals surface area contributed by atoms with E-state index in [0.29, 0.717) is 36.3 Å². The van der Waals surface area contributed by atoms with Gasteiger partial charge in [0.1, 0.15) is 17.5 Å². The molecule has 0 aromatic heterocycles. The summed E-state index contributed by atoms with van der Waals surface area (Å²) in [5, 5.41) is 5.55. The highest BCUT2D eigenvalue weighted by Crippen LogP contribution is 2.37. The first-order valence-corrected chi connectivity index (χ1v) is 10.9. The molecule has 0 spiro atoms. The first-order chi connectivity index (χ1) is 14.9. The highest BCUT2D eigenvalue weighted by molar-refractivity contribution is 7.97. The fraction of sp³-hybridized carbons (Fsp3) is 0.208. The number of fused-ring (bicyclic) bond motifs is 2. The van der Waals surface area contributed by atoms with E-state index >= 15 is 0 Å². The Balaban J connectivity index is 1.40. The van der Waals surface area contributed by atoms with E-state index in [-0.39, 0.29) is 23.2 Å². The van der Waals surface area contributed by atoms with Crippen LogP contribution in [0.25, 0.3) is 11.1 Å². The van der Waals surface area contributed by atoms with Crippen LogP contribution < -0.4 is 10.0 Å². The molecule has 0 radical (unpaired) electrons. The van der Waals surface area contributed by atoms with Crippen molar-refractivity contribution in [3.63, 3.8) is 0 Å². The van der Waals surface area contributed by atoms with Gasteiger partial charge in [-0.05, 0) is 83.8 Å². The predicted octanol–water partition coefficient (Wildman–Crippen LogP) is 5.04. The summed E-state index contributed by atoms with van der Waals surface area (Å²) in [6.45, 7) is 0.513. The van der Waals surface area contributed by atoms with Crippen molar-refractivity contribution >= 4 is 23.5 Å². The van der Waals surface area contributed by atoms with E-state index < -0.39 is 11.6 Å². The van der Waals surface area contributed by atoms with Crippen LogP contribution in [-0.4, -0.2) is 12.5 Å². The Bertz CT molecular complexity index is 1210. The maximum atomic E-state index is 14.2. The highest BCUT2D eigenvalue weighted by atomic mass is 32.2. The molecule has 1 unspecified atom stereocenters. The molecule has 2 aliphatic rings. The van der Waals surface area contributed by atoms with Crippen LogP contribution in [0, 0.1) is 23.4 Å². The third-order valence-corrected chi connectivity index (χ3v) is 6.72. The van der Waals surface area contributed by atoms with E-state index in [1.165, 1.54) is 12.1 Å². The van der Waals surface area contributed by atoms with Crippen LogP contribution in [0.15, 0.2) is 53.4 Å². The third-order valence-electron chi connectivity index (χ3n) is 6.15. The zero-order valence-corrected chi connectivity index (χ0v) is 17.3. The van der Waals surface area contributed by atoms with Gasteiger partial charge in [-0.15, -0.1) is 0 Å². The standard InChI is InChI=1S/C24H19F3N2OS/c25-18-3-4-20(26)19(11-18)14-2-1-13-7-17(9-16(13)8-14)24(30)29-6-5-15-10-21(27)23(31-28)12-22(15)29/h1-4,8,10-12,17H,5-7,9,28H2. The molecule has 1 amide bonds. The number of carbonyl (C=O) groups excluding carboxylic acids is 1. The fourth-order valence-corrected chi connectivity index (χ4v) is 4.96. The molecule has 5 rings (SSSR count). The first kappa shape index (κ1) is 20.2. The van der Waals surface area contributed by atoms with Gasteiger partial charge in [-0.25, -0.2) is 13.2 Å². The SMILES string of the molecule is NSc1cc2c(cc1F)CCN2C(=O)C1Cc2ccc(-c3cc(F)ccc3F)cc2C1. The number of hydrogen-bond donors (Lipinski definition) is 1. The number of benzene rings is 3. The topological polar surface area (TPSA) is 46.3 Å². The number of nitrogens with two attached hydrogens (primary N) is 1. The maximum Gasteiger partial charge on any atom is 0.230 e. The molecule has 2 N–H and O–H groups in total. The van der Waals surface area contributed by atoms with Crippen LogP contribution in [0.4, 0.5) is 18.9 Å². The number of carbonyl (C=O) groups is 1. The Labute approximate surface area is 182 Å². The zero-order chi connectivity index (χ0) is 21.7. The normalized spacial score (nSPS) is 17.0. The van der Waals surface area contributed by atoms with Crippen molar-refractivity contribution in [1.82, 2.24) is 0 Å². The van der Waals surface area contributed by atoms with Crippen molar-refractivity contribution < 1.29 is 18.0 Å². The average Bonchev–Trinajstić information content (AvgIpc) is 3.37. The molecule has 3 nitrogen and oxygen atoms in total. The summed E-state index contributed by atoms with van der Waals surface area (Å²) in [5.74, 6) is -1.60. The summed E-state index contributed by atoms with van der Waals surface area (Å²) in [6, 6.07) is 12.0. The van der Waals surface area contributed by atoms with Crippen molar-refractivity contribution in [2.75, 3.05) is 11.4 Å². The van der Waals surface area contributed by atoms with E-state index in [2.05, 4.69) is 0 Å². The van der Waals surface area contributed by atoms with Gasteiger partial charge in [0, 0.05) is 23.7 Å². The van der Waals surface area contributed by atoms with Gasteiger partial charge in [0.2, 0.25) is 5.91 Å². The van der Waals surface area contributed by atoms with Crippen LogP contribution >= 0.6 is 11.9 Å². The third kappa shape index (κ3) is 3.51. The second kappa shape index (κ2) is 7.73. The van der Waals surface area contributed by atoms with E-state index in [0.717, 1.165) is 46.5 Å². The summed E-state index contributed by atoms with van der Waals surface area (Å²) in [5.41, 5.74) is 4.34. The second-order valence-corrected chi connectivity index (χ2v) is 8.66. The average molecular weight is 440 g/mol. The Morgan fingerprint density at radius 2 is 1.74 bits per heavy atom. The molecule has 3 aromatic rings. The van der Waals surface area contributed by atoms with Gasteiger partial charge < -0.3 is 4.90 Å². The summed E-state index contributed by atoms with van der Waals surface area (Å²) < 4.78 is 41.8. The van der Waals surface area contributed by atoms with E-state index in [1.807, 2.05) is 12.1 Å². The van der Waals surface area contributed by atoms with Crippen LogP contribution in [-0.2, 0) is 24.1 Å². The second-order valence-electron chi connectivity index (χ2n) is 7.98. The minimum Gasteiger partial charge on any atom is -0.312 e. The quantitative estimate of drug-likeness (QED) is 0.581. The van der Waals surface area contributed by atoms with Crippen LogP contribution in [0.1, 0.15) is 16.7 Å². The number of amides is 1. The van der Waals surface area contributed by atoms with Gasteiger partial charge >= 0.3 is 0 Å². The van der Waals surface area contributed by atoms with Crippen molar-refractivity contribution in [2.45, 2.75) is 24.2 Å². The maximum absolute atomic E-state index is 14.2. The lowest BCUT2D eigenvalue weighted by molar-refractivity contribution is -0.122. The lowest BCUT2D eigenvalue weighted by atomic mass is 10.00. The number of hydrogen-bond acceptors (Lipinski definition) is 3. The summed E-state index contributed by atoms with van der Waals surface area (Å²) in [7, 11) is 0. The molecule has 3 aromatic carbocycles. The fourth-order valence-electron chi connectivity index (χ4n) is 4.61. The largest absolute Gasteiger partial charge is 0.312 e.